The number of sulfone groups is 1. The minimum absolute atomic E-state index is 0.000262. The number of aromatic nitrogens is 2. The highest BCUT2D eigenvalue weighted by atomic mass is 35.5. The van der Waals surface area contributed by atoms with Crippen molar-refractivity contribution < 1.29 is 8.42 Å². The minimum Gasteiger partial charge on any atom is -0.290 e. The molecule has 18 heavy (non-hydrogen) atoms. The van der Waals surface area contributed by atoms with E-state index in [0.717, 1.165) is 17.8 Å². The molecule has 1 aliphatic rings. The molecular formula is C12H13ClN2O2S. The first-order valence-corrected chi connectivity index (χ1v) is 8.09. The van der Waals surface area contributed by atoms with Gasteiger partial charge in [0.05, 0.1) is 17.2 Å². The molecule has 3 heterocycles. The number of imidazole rings is 1. The highest BCUT2D eigenvalue weighted by Gasteiger charge is 2.27. The number of nitrogens with zero attached hydrogens (tertiary/aromatic N) is 2. The van der Waals surface area contributed by atoms with Crippen molar-refractivity contribution >= 4 is 27.1 Å². The standard InChI is InChI=1S/C12H13ClN2O2S/c13-11-4-1-5-12-14-10(7-15(11)12)9-3-2-6-18(16,17)8-9/h1,4-5,7,9H,2-3,6,8H2. The molecule has 1 atom stereocenters. The predicted molar refractivity (Wildman–Crippen MR) is 70.8 cm³/mol. The first kappa shape index (κ1) is 12.0. The molecule has 0 radical (unpaired) electrons. The Bertz CT molecular complexity index is 693. The van der Waals surface area contributed by atoms with Gasteiger partial charge in [0, 0.05) is 12.1 Å². The Labute approximate surface area is 111 Å². The van der Waals surface area contributed by atoms with Crippen molar-refractivity contribution in [1.29, 1.82) is 0 Å². The van der Waals surface area contributed by atoms with Gasteiger partial charge in [-0.2, -0.15) is 0 Å². The van der Waals surface area contributed by atoms with Crippen LogP contribution in [0.3, 0.4) is 0 Å². The average Bonchev–Trinajstić information content (AvgIpc) is 2.73. The maximum atomic E-state index is 11.7. The van der Waals surface area contributed by atoms with Crippen LogP contribution in [0.15, 0.2) is 24.4 Å². The predicted octanol–water partition coefficient (Wildman–Crippen LogP) is 2.28. The molecule has 3 rings (SSSR count). The third-order valence-electron chi connectivity index (χ3n) is 3.34. The van der Waals surface area contributed by atoms with Crippen LogP contribution >= 0.6 is 11.6 Å². The molecule has 1 saturated heterocycles. The van der Waals surface area contributed by atoms with Crippen LogP contribution in [0.2, 0.25) is 5.15 Å². The first-order chi connectivity index (χ1) is 8.55. The highest BCUT2D eigenvalue weighted by Crippen LogP contribution is 2.28. The summed E-state index contributed by atoms with van der Waals surface area (Å²) >= 11 is 6.07. The Morgan fingerprint density at radius 3 is 2.94 bits per heavy atom. The fraction of sp³-hybridized carbons (Fsp3) is 0.417. The topological polar surface area (TPSA) is 51.4 Å². The van der Waals surface area contributed by atoms with Crippen LogP contribution in [0.4, 0.5) is 0 Å². The van der Waals surface area contributed by atoms with Gasteiger partial charge in [0.15, 0.2) is 9.84 Å². The molecule has 0 N–H and O–H groups in total. The molecule has 0 aromatic carbocycles. The second-order valence-electron chi connectivity index (χ2n) is 4.70. The zero-order valence-electron chi connectivity index (χ0n) is 9.71. The number of pyridine rings is 1. The van der Waals surface area contributed by atoms with Gasteiger partial charge in [-0.25, -0.2) is 13.4 Å². The molecule has 0 spiro atoms. The number of rotatable bonds is 1. The van der Waals surface area contributed by atoms with Crippen molar-refractivity contribution in [2.75, 3.05) is 11.5 Å². The van der Waals surface area contributed by atoms with Gasteiger partial charge in [-0.05, 0) is 25.0 Å². The summed E-state index contributed by atoms with van der Waals surface area (Å²) in [7, 11) is -2.91. The molecule has 1 fully saturated rings. The summed E-state index contributed by atoms with van der Waals surface area (Å²) in [6.45, 7) is 0. The summed E-state index contributed by atoms with van der Waals surface area (Å²) < 4.78 is 25.1. The lowest BCUT2D eigenvalue weighted by molar-refractivity contribution is 0.550. The van der Waals surface area contributed by atoms with E-state index in [1.807, 2.05) is 18.3 Å². The van der Waals surface area contributed by atoms with Crippen LogP contribution in [-0.2, 0) is 9.84 Å². The van der Waals surface area contributed by atoms with E-state index in [0.29, 0.717) is 17.3 Å². The lowest BCUT2D eigenvalue weighted by atomic mass is 10.0. The molecule has 1 aliphatic heterocycles. The van der Waals surface area contributed by atoms with Gasteiger partial charge in [0.1, 0.15) is 10.8 Å². The van der Waals surface area contributed by atoms with Crippen LogP contribution in [-0.4, -0.2) is 29.3 Å². The Morgan fingerprint density at radius 2 is 2.22 bits per heavy atom. The van der Waals surface area contributed by atoms with Crippen molar-refractivity contribution in [3.8, 4) is 0 Å². The summed E-state index contributed by atoms with van der Waals surface area (Å²) in [5.74, 6) is 0.506. The summed E-state index contributed by atoms with van der Waals surface area (Å²) in [5, 5.41) is 0.588. The van der Waals surface area contributed by atoms with Gasteiger partial charge >= 0.3 is 0 Å². The first-order valence-electron chi connectivity index (χ1n) is 5.89. The van der Waals surface area contributed by atoms with E-state index in [1.165, 1.54) is 0 Å². The van der Waals surface area contributed by atoms with E-state index in [-0.39, 0.29) is 11.7 Å². The summed E-state index contributed by atoms with van der Waals surface area (Å²) in [4.78, 5) is 4.48. The van der Waals surface area contributed by atoms with Gasteiger partial charge in [-0.15, -0.1) is 0 Å². The van der Waals surface area contributed by atoms with Crippen LogP contribution in [0.1, 0.15) is 24.5 Å². The van der Waals surface area contributed by atoms with Gasteiger partial charge in [0.2, 0.25) is 0 Å². The quantitative estimate of drug-likeness (QED) is 0.755. The van der Waals surface area contributed by atoms with Crippen molar-refractivity contribution in [3.05, 3.63) is 35.2 Å². The minimum atomic E-state index is -2.91. The maximum Gasteiger partial charge on any atom is 0.150 e. The van der Waals surface area contributed by atoms with Gasteiger partial charge < -0.3 is 0 Å². The molecule has 4 nitrogen and oxygen atoms in total. The van der Waals surface area contributed by atoms with Crippen molar-refractivity contribution in [1.82, 2.24) is 9.38 Å². The summed E-state index contributed by atoms with van der Waals surface area (Å²) in [6, 6.07) is 5.50. The molecule has 0 saturated carbocycles. The average molecular weight is 285 g/mol. The van der Waals surface area contributed by atoms with Gasteiger partial charge in [0.25, 0.3) is 0 Å². The third-order valence-corrected chi connectivity index (χ3v) is 5.47. The van der Waals surface area contributed by atoms with Crippen LogP contribution in [0.25, 0.3) is 5.65 Å². The second kappa shape index (κ2) is 4.24. The second-order valence-corrected chi connectivity index (χ2v) is 7.31. The van der Waals surface area contributed by atoms with Gasteiger partial charge in [-0.3, -0.25) is 4.40 Å². The van der Waals surface area contributed by atoms with E-state index in [9.17, 15) is 8.42 Å². The zero-order valence-corrected chi connectivity index (χ0v) is 11.3. The number of hydrogen-bond acceptors (Lipinski definition) is 3. The highest BCUT2D eigenvalue weighted by molar-refractivity contribution is 7.91. The van der Waals surface area contributed by atoms with E-state index >= 15 is 0 Å². The molecule has 0 amide bonds. The number of halogens is 1. The number of hydrogen-bond donors (Lipinski definition) is 0. The molecule has 1 unspecified atom stereocenters. The Balaban J connectivity index is 2.02. The van der Waals surface area contributed by atoms with Crippen LogP contribution in [0.5, 0.6) is 0 Å². The fourth-order valence-corrected chi connectivity index (χ4v) is 4.38. The van der Waals surface area contributed by atoms with Crippen molar-refractivity contribution in [2.24, 2.45) is 0 Å². The van der Waals surface area contributed by atoms with Crippen LogP contribution in [0, 0.1) is 0 Å². The van der Waals surface area contributed by atoms with E-state index < -0.39 is 9.84 Å². The lowest BCUT2D eigenvalue weighted by Crippen LogP contribution is -2.23. The van der Waals surface area contributed by atoms with Crippen LogP contribution < -0.4 is 0 Å². The Kier molecular flexibility index (Phi) is 2.83. The lowest BCUT2D eigenvalue weighted by Gasteiger charge is -2.19. The van der Waals surface area contributed by atoms with E-state index in [4.69, 9.17) is 11.6 Å². The Morgan fingerprint density at radius 1 is 1.39 bits per heavy atom. The van der Waals surface area contributed by atoms with Crippen molar-refractivity contribution in [2.45, 2.75) is 18.8 Å². The third kappa shape index (κ3) is 2.12. The monoisotopic (exact) mass is 284 g/mol. The number of fused-ring (bicyclic) bond motifs is 1. The molecule has 96 valence electrons. The molecular weight excluding hydrogens is 272 g/mol. The van der Waals surface area contributed by atoms with Gasteiger partial charge in [-0.1, -0.05) is 17.7 Å². The smallest absolute Gasteiger partial charge is 0.150 e. The SMILES string of the molecule is O=S1(=O)CCCC(c2cn3c(Cl)cccc3n2)C1. The molecule has 2 aromatic rings. The molecule has 6 heteroatoms. The summed E-state index contributed by atoms with van der Waals surface area (Å²) in [6.07, 6.45) is 3.44. The molecule has 2 aromatic heterocycles. The zero-order chi connectivity index (χ0) is 12.8. The van der Waals surface area contributed by atoms with E-state index in [2.05, 4.69) is 4.98 Å². The summed E-state index contributed by atoms with van der Waals surface area (Å²) in [5.41, 5.74) is 1.59. The fourth-order valence-electron chi connectivity index (χ4n) is 2.45. The molecule has 0 bridgehead atoms. The Hall–Kier alpha value is -1.07. The van der Waals surface area contributed by atoms with E-state index in [1.54, 1.807) is 10.5 Å². The molecule has 0 aliphatic carbocycles. The van der Waals surface area contributed by atoms with Crippen molar-refractivity contribution in [3.63, 3.8) is 0 Å². The maximum absolute atomic E-state index is 11.7. The largest absolute Gasteiger partial charge is 0.290 e. The normalized spacial score (nSPS) is 23.3.